The van der Waals surface area contributed by atoms with Crippen molar-refractivity contribution in [3.05, 3.63) is 12.2 Å². The Balaban J connectivity index is 2.70. The average molecular weight is 152 g/mol. The average Bonchev–Trinajstić information content (AvgIpc) is 1.94. The summed E-state index contributed by atoms with van der Waals surface area (Å²) in [6.07, 6.45) is 5.29. The summed E-state index contributed by atoms with van der Waals surface area (Å²) in [6, 6.07) is 0. The van der Waals surface area contributed by atoms with Gasteiger partial charge in [0, 0.05) is 5.92 Å². The molecule has 1 rings (SSSR count). The van der Waals surface area contributed by atoms with E-state index in [1.165, 1.54) is 0 Å². The minimum absolute atomic E-state index is 0.273. The summed E-state index contributed by atoms with van der Waals surface area (Å²) < 4.78 is 0. The second-order valence-corrected chi connectivity index (χ2v) is 3.60. The van der Waals surface area contributed by atoms with Gasteiger partial charge in [-0.25, -0.2) is 0 Å². The zero-order chi connectivity index (χ0) is 8.43. The molecule has 11 heavy (non-hydrogen) atoms. The third-order valence-electron chi connectivity index (χ3n) is 2.82. The lowest BCUT2D eigenvalue weighted by Crippen LogP contribution is -2.26. The van der Waals surface area contributed by atoms with Crippen LogP contribution in [0.25, 0.3) is 0 Å². The molecule has 62 valence electrons. The summed E-state index contributed by atoms with van der Waals surface area (Å²) in [6.45, 7) is 6.05. The first-order valence-electron chi connectivity index (χ1n) is 4.30. The molecule has 1 nitrogen and oxygen atoms in total. The fourth-order valence-electron chi connectivity index (χ4n) is 1.73. The highest BCUT2D eigenvalue weighted by molar-refractivity contribution is 5.79. The molecule has 0 heterocycles. The maximum atomic E-state index is 11.1. The summed E-state index contributed by atoms with van der Waals surface area (Å²) in [5, 5.41) is 0. The van der Waals surface area contributed by atoms with E-state index in [0.717, 1.165) is 6.42 Å². The second kappa shape index (κ2) is 3.21. The molecule has 3 atom stereocenters. The van der Waals surface area contributed by atoms with Crippen molar-refractivity contribution in [1.29, 1.82) is 0 Å². The maximum Gasteiger partial charge on any atom is 0.133 e. The standard InChI is InChI=1S/C10H16O/c1-7-5-4-6-10(8(7)2)9(3)11/h4-5,7-8,10H,6H2,1-3H3. The SMILES string of the molecule is CC(=O)C1CC=CC(C)C1C. The Morgan fingerprint density at radius 2 is 2.09 bits per heavy atom. The molecule has 1 aliphatic carbocycles. The summed E-state index contributed by atoms with van der Waals surface area (Å²) in [5.41, 5.74) is 0. The van der Waals surface area contributed by atoms with Gasteiger partial charge in [0.1, 0.15) is 5.78 Å². The fourth-order valence-corrected chi connectivity index (χ4v) is 1.73. The lowest BCUT2D eigenvalue weighted by Gasteiger charge is -2.28. The molecule has 0 spiro atoms. The Labute approximate surface area is 68.5 Å². The van der Waals surface area contributed by atoms with Crippen LogP contribution in [0.1, 0.15) is 27.2 Å². The largest absolute Gasteiger partial charge is 0.300 e. The van der Waals surface area contributed by atoms with E-state index in [2.05, 4.69) is 26.0 Å². The van der Waals surface area contributed by atoms with Crippen LogP contribution < -0.4 is 0 Å². The monoisotopic (exact) mass is 152 g/mol. The molecule has 0 aromatic carbocycles. The number of rotatable bonds is 1. The van der Waals surface area contributed by atoms with Gasteiger partial charge in [-0.05, 0) is 25.2 Å². The number of carbonyl (C=O) groups excluding carboxylic acids is 1. The van der Waals surface area contributed by atoms with Crippen LogP contribution >= 0.6 is 0 Å². The van der Waals surface area contributed by atoms with Gasteiger partial charge in [0.05, 0.1) is 0 Å². The van der Waals surface area contributed by atoms with Crippen molar-refractivity contribution in [2.75, 3.05) is 0 Å². The first-order valence-corrected chi connectivity index (χ1v) is 4.30. The van der Waals surface area contributed by atoms with Crippen molar-refractivity contribution in [1.82, 2.24) is 0 Å². The lowest BCUT2D eigenvalue weighted by molar-refractivity contribution is -0.122. The van der Waals surface area contributed by atoms with Crippen LogP contribution in [0.2, 0.25) is 0 Å². The van der Waals surface area contributed by atoms with Crippen LogP contribution in [0.3, 0.4) is 0 Å². The Morgan fingerprint density at radius 3 is 2.55 bits per heavy atom. The summed E-state index contributed by atoms with van der Waals surface area (Å²) >= 11 is 0. The number of hydrogen-bond donors (Lipinski definition) is 0. The third kappa shape index (κ3) is 1.70. The maximum absolute atomic E-state index is 11.1. The lowest BCUT2D eigenvalue weighted by atomic mass is 9.76. The highest BCUT2D eigenvalue weighted by atomic mass is 16.1. The molecular formula is C10H16O. The van der Waals surface area contributed by atoms with E-state index >= 15 is 0 Å². The summed E-state index contributed by atoms with van der Waals surface area (Å²) in [7, 11) is 0. The van der Waals surface area contributed by atoms with Gasteiger partial charge >= 0.3 is 0 Å². The number of hydrogen-bond acceptors (Lipinski definition) is 1. The topological polar surface area (TPSA) is 17.1 Å². The normalized spacial score (nSPS) is 37.2. The second-order valence-electron chi connectivity index (χ2n) is 3.60. The van der Waals surface area contributed by atoms with Crippen LogP contribution in [0.15, 0.2) is 12.2 Å². The van der Waals surface area contributed by atoms with Crippen LogP contribution in [-0.4, -0.2) is 5.78 Å². The Bertz CT molecular complexity index is 181. The molecule has 1 aliphatic rings. The van der Waals surface area contributed by atoms with Gasteiger partial charge in [0.15, 0.2) is 0 Å². The molecule has 0 N–H and O–H groups in total. The van der Waals surface area contributed by atoms with E-state index in [1.807, 2.05) is 0 Å². The first-order chi connectivity index (χ1) is 5.13. The highest BCUT2D eigenvalue weighted by Crippen LogP contribution is 2.29. The van der Waals surface area contributed by atoms with Gasteiger partial charge < -0.3 is 0 Å². The quantitative estimate of drug-likeness (QED) is 0.527. The van der Waals surface area contributed by atoms with Gasteiger partial charge in [-0.1, -0.05) is 26.0 Å². The minimum Gasteiger partial charge on any atom is -0.300 e. The van der Waals surface area contributed by atoms with Crippen molar-refractivity contribution in [2.24, 2.45) is 17.8 Å². The van der Waals surface area contributed by atoms with Gasteiger partial charge in [-0.3, -0.25) is 4.79 Å². The number of Topliss-reactive ketones (excluding diaryl/α,β-unsaturated/α-hetero) is 1. The van der Waals surface area contributed by atoms with Crippen LogP contribution in [-0.2, 0) is 4.79 Å². The predicted octanol–water partition coefficient (Wildman–Crippen LogP) is 2.42. The number of carbonyl (C=O) groups is 1. The molecule has 0 radical (unpaired) electrons. The Hall–Kier alpha value is -0.590. The van der Waals surface area contributed by atoms with Gasteiger partial charge in [0.2, 0.25) is 0 Å². The van der Waals surface area contributed by atoms with E-state index in [0.29, 0.717) is 17.6 Å². The molecule has 0 aromatic heterocycles. The van der Waals surface area contributed by atoms with Crippen LogP contribution in [0, 0.1) is 17.8 Å². The molecular weight excluding hydrogens is 136 g/mol. The molecule has 3 unspecified atom stereocenters. The Kier molecular flexibility index (Phi) is 2.48. The molecule has 0 saturated carbocycles. The Morgan fingerprint density at radius 1 is 1.45 bits per heavy atom. The number of ketones is 1. The van der Waals surface area contributed by atoms with Crippen molar-refractivity contribution in [2.45, 2.75) is 27.2 Å². The summed E-state index contributed by atoms with van der Waals surface area (Å²) in [4.78, 5) is 11.1. The van der Waals surface area contributed by atoms with E-state index in [9.17, 15) is 4.79 Å². The number of allylic oxidation sites excluding steroid dienone is 2. The zero-order valence-corrected chi connectivity index (χ0v) is 7.50. The van der Waals surface area contributed by atoms with Gasteiger partial charge in [0.25, 0.3) is 0 Å². The van der Waals surface area contributed by atoms with Crippen molar-refractivity contribution < 1.29 is 4.79 Å². The summed E-state index contributed by atoms with van der Waals surface area (Å²) in [5.74, 6) is 1.71. The molecule has 1 heteroatoms. The molecule has 0 amide bonds. The predicted molar refractivity (Wildman–Crippen MR) is 46.3 cm³/mol. The van der Waals surface area contributed by atoms with E-state index < -0.39 is 0 Å². The molecule has 0 saturated heterocycles. The van der Waals surface area contributed by atoms with Gasteiger partial charge in [-0.15, -0.1) is 0 Å². The highest BCUT2D eigenvalue weighted by Gasteiger charge is 2.26. The van der Waals surface area contributed by atoms with Crippen molar-refractivity contribution >= 4 is 5.78 Å². The molecule has 0 aliphatic heterocycles. The van der Waals surface area contributed by atoms with Crippen LogP contribution in [0.5, 0.6) is 0 Å². The van der Waals surface area contributed by atoms with Gasteiger partial charge in [-0.2, -0.15) is 0 Å². The van der Waals surface area contributed by atoms with Crippen molar-refractivity contribution in [3.63, 3.8) is 0 Å². The van der Waals surface area contributed by atoms with Crippen LogP contribution in [0.4, 0.5) is 0 Å². The molecule has 0 aromatic rings. The smallest absolute Gasteiger partial charge is 0.133 e. The van der Waals surface area contributed by atoms with Crippen molar-refractivity contribution in [3.8, 4) is 0 Å². The van der Waals surface area contributed by atoms with E-state index in [-0.39, 0.29) is 5.92 Å². The van der Waals surface area contributed by atoms with E-state index in [4.69, 9.17) is 0 Å². The fraction of sp³-hybridized carbons (Fsp3) is 0.700. The first kappa shape index (κ1) is 8.51. The third-order valence-corrected chi connectivity index (χ3v) is 2.82. The van der Waals surface area contributed by atoms with E-state index in [1.54, 1.807) is 6.92 Å². The minimum atomic E-state index is 0.273. The zero-order valence-electron chi connectivity index (χ0n) is 7.50. The molecule has 0 bridgehead atoms. The molecule has 0 fully saturated rings.